The first-order valence-electron chi connectivity index (χ1n) is 8.41. The molecule has 7 heteroatoms. The maximum Gasteiger partial charge on any atom is 0.258 e. The van der Waals surface area contributed by atoms with Gasteiger partial charge in [-0.1, -0.05) is 12.1 Å². The zero-order valence-electron chi connectivity index (χ0n) is 13.9. The van der Waals surface area contributed by atoms with Crippen molar-refractivity contribution in [3.63, 3.8) is 0 Å². The smallest absolute Gasteiger partial charge is 0.258 e. The zero-order valence-corrected chi connectivity index (χ0v) is 13.9. The molecule has 1 heterocycles. The molecular weight excluding hydrogens is 322 g/mol. The summed E-state index contributed by atoms with van der Waals surface area (Å²) in [4.78, 5) is 12.1. The van der Waals surface area contributed by atoms with E-state index in [1.165, 1.54) is 0 Å². The topological polar surface area (TPSA) is 96.6 Å². The van der Waals surface area contributed by atoms with Crippen molar-refractivity contribution >= 4 is 5.91 Å². The molecule has 3 N–H and O–H groups in total. The highest BCUT2D eigenvalue weighted by Gasteiger charge is 2.34. The molecule has 0 bridgehead atoms. The Balaban J connectivity index is 1.44. The predicted octanol–water partition coefficient (Wildman–Crippen LogP) is 0.710. The number of rotatable bonds is 7. The second kappa shape index (κ2) is 8.13. The van der Waals surface area contributed by atoms with Crippen LogP contribution in [0, 0.1) is 5.92 Å². The fraction of sp³-hybridized carbons (Fsp3) is 0.444. The Morgan fingerprint density at radius 1 is 1.32 bits per heavy atom. The summed E-state index contributed by atoms with van der Waals surface area (Å²) in [7, 11) is 0. The maximum atomic E-state index is 12.1. The number of aromatic nitrogens is 2. The van der Waals surface area contributed by atoms with Gasteiger partial charge in [-0.3, -0.25) is 9.48 Å². The van der Waals surface area contributed by atoms with Crippen LogP contribution in [0.5, 0.6) is 5.75 Å². The molecule has 0 spiro atoms. The van der Waals surface area contributed by atoms with Crippen LogP contribution in [0.1, 0.15) is 18.4 Å². The van der Waals surface area contributed by atoms with Gasteiger partial charge in [0.1, 0.15) is 5.75 Å². The van der Waals surface area contributed by atoms with E-state index in [4.69, 9.17) is 9.84 Å². The number of ether oxygens (including phenoxy) is 1. The fourth-order valence-electron chi connectivity index (χ4n) is 3.18. The van der Waals surface area contributed by atoms with Gasteiger partial charge in [0.05, 0.1) is 18.8 Å². The lowest BCUT2D eigenvalue weighted by Crippen LogP contribution is -2.42. The second-order valence-electron chi connectivity index (χ2n) is 6.40. The zero-order chi connectivity index (χ0) is 17.6. The van der Waals surface area contributed by atoms with Gasteiger partial charge in [0.2, 0.25) is 0 Å². The van der Waals surface area contributed by atoms with Gasteiger partial charge in [-0.25, -0.2) is 0 Å². The lowest BCUT2D eigenvalue weighted by molar-refractivity contribution is -0.124. The molecule has 134 valence electrons. The number of amides is 1. The van der Waals surface area contributed by atoms with E-state index in [1.807, 2.05) is 16.9 Å². The molecule has 0 aliphatic heterocycles. The molecule has 7 nitrogen and oxygen atoms in total. The summed E-state index contributed by atoms with van der Waals surface area (Å²) in [6, 6.07) is 8.53. The van der Waals surface area contributed by atoms with Crippen LogP contribution in [0.4, 0.5) is 0 Å². The summed E-state index contributed by atoms with van der Waals surface area (Å²) in [6.45, 7) is 0.607. The van der Waals surface area contributed by atoms with E-state index in [0.29, 0.717) is 12.2 Å². The molecule has 1 fully saturated rings. The molecule has 3 atom stereocenters. The average Bonchev–Trinajstić information content (AvgIpc) is 3.24. The number of carbonyl (C=O) groups excluding carboxylic acids is 1. The number of carbonyl (C=O) groups is 1. The van der Waals surface area contributed by atoms with E-state index in [9.17, 15) is 9.90 Å². The minimum absolute atomic E-state index is 0.0277. The van der Waals surface area contributed by atoms with Crippen LogP contribution in [0.25, 0.3) is 0 Å². The monoisotopic (exact) mass is 345 g/mol. The Bertz CT molecular complexity index is 672. The summed E-state index contributed by atoms with van der Waals surface area (Å²) < 4.78 is 7.28. The number of benzene rings is 1. The molecule has 1 aromatic carbocycles. The SMILES string of the molecule is O=C(COc1ccc(CO)cc1)N[C@@H]1CC(Cn2cccn2)C[C@H]1O. The summed E-state index contributed by atoms with van der Waals surface area (Å²) in [6.07, 6.45) is 4.45. The van der Waals surface area contributed by atoms with Crippen LogP contribution in [0.2, 0.25) is 0 Å². The minimum atomic E-state index is -0.548. The van der Waals surface area contributed by atoms with Crippen LogP contribution in [0.3, 0.4) is 0 Å². The maximum absolute atomic E-state index is 12.1. The molecule has 25 heavy (non-hydrogen) atoms. The molecule has 2 aromatic rings. The normalized spacial score (nSPS) is 22.7. The van der Waals surface area contributed by atoms with E-state index in [0.717, 1.165) is 18.5 Å². The lowest BCUT2D eigenvalue weighted by Gasteiger charge is -2.16. The largest absolute Gasteiger partial charge is 0.484 e. The van der Waals surface area contributed by atoms with Gasteiger partial charge in [0.25, 0.3) is 5.91 Å². The first kappa shape index (κ1) is 17.4. The summed E-state index contributed by atoms with van der Waals surface area (Å²) in [5, 5.41) is 26.2. The van der Waals surface area contributed by atoms with Gasteiger partial charge in [0.15, 0.2) is 6.61 Å². The first-order valence-corrected chi connectivity index (χ1v) is 8.41. The Morgan fingerprint density at radius 2 is 2.12 bits per heavy atom. The third-order valence-electron chi connectivity index (χ3n) is 4.45. The molecule has 1 aliphatic carbocycles. The van der Waals surface area contributed by atoms with E-state index >= 15 is 0 Å². The van der Waals surface area contributed by atoms with Gasteiger partial charge in [-0.15, -0.1) is 0 Å². The van der Waals surface area contributed by atoms with Gasteiger partial charge < -0.3 is 20.3 Å². The van der Waals surface area contributed by atoms with E-state index in [-0.39, 0.29) is 31.1 Å². The molecule has 1 unspecified atom stereocenters. The molecular formula is C18H23N3O4. The Morgan fingerprint density at radius 3 is 2.80 bits per heavy atom. The fourth-order valence-corrected chi connectivity index (χ4v) is 3.18. The third-order valence-corrected chi connectivity index (χ3v) is 4.45. The number of hydrogen-bond donors (Lipinski definition) is 3. The van der Waals surface area contributed by atoms with Gasteiger partial charge in [-0.05, 0) is 42.5 Å². The Hall–Kier alpha value is -2.38. The Labute approximate surface area is 146 Å². The van der Waals surface area contributed by atoms with Crippen LogP contribution in [0.15, 0.2) is 42.7 Å². The number of nitrogens with one attached hydrogen (secondary N) is 1. The molecule has 0 saturated heterocycles. The summed E-state index contributed by atoms with van der Waals surface area (Å²) >= 11 is 0. The van der Waals surface area contributed by atoms with E-state index in [2.05, 4.69) is 10.4 Å². The van der Waals surface area contributed by atoms with Crippen molar-refractivity contribution in [2.45, 2.75) is 38.1 Å². The highest BCUT2D eigenvalue weighted by Crippen LogP contribution is 2.27. The second-order valence-corrected chi connectivity index (χ2v) is 6.40. The van der Waals surface area contributed by atoms with E-state index in [1.54, 1.807) is 30.5 Å². The number of aliphatic hydroxyl groups is 2. The van der Waals surface area contributed by atoms with Crippen LogP contribution < -0.4 is 10.1 Å². The van der Waals surface area contributed by atoms with Crippen LogP contribution >= 0.6 is 0 Å². The minimum Gasteiger partial charge on any atom is -0.484 e. The van der Waals surface area contributed by atoms with Crippen molar-refractivity contribution in [3.05, 3.63) is 48.3 Å². The van der Waals surface area contributed by atoms with Crippen molar-refractivity contribution in [3.8, 4) is 5.75 Å². The van der Waals surface area contributed by atoms with Crippen molar-refractivity contribution in [1.29, 1.82) is 0 Å². The number of aliphatic hydroxyl groups excluding tert-OH is 2. The van der Waals surface area contributed by atoms with Crippen molar-refractivity contribution in [2.75, 3.05) is 6.61 Å². The van der Waals surface area contributed by atoms with Crippen LogP contribution in [-0.2, 0) is 17.9 Å². The molecule has 1 aliphatic rings. The first-order chi connectivity index (χ1) is 12.1. The molecule has 3 rings (SSSR count). The van der Waals surface area contributed by atoms with Gasteiger partial charge in [-0.2, -0.15) is 5.10 Å². The quantitative estimate of drug-likeness (QED) is 0.687. The van der Waals surface area contributed by atoms with E-state index < -0.39 is 6.10 Å². The third kappa shape index (κ3) is 4.80. The molecule has 1 aromatic heterocycles. The Kier molecular flexibility index (Phi) is 5.67. The molecule has 0 radical (unpaired) electrons. The molecule has 1 amide bonds. The predicted molar refractivity (Wildman–Crippen MR) is 90.7 cm³/mol. The number of nitrogens with zero attached hydrogens (tertiary/aromatic N) is 2. The highest BCUT2D eigenvalue weighted by atomic mass is 16.5. The standard InChI is InChI=1S/C18H23N3O4/c22-11-13-2-4-15(5-3-13)25-12-18(24)20-16-8-14(9-17(16)23)10-21-7-1-6-19-21/h1-7,14,16-17,22-23H,8-12H2,(H,20,24)/t14?,16-,17-/m1/s1. The highest BCUT2D eigenvalue weighted by molar-refractivity contribution is 5.78. The summed E-state index contributed by atoms with van der Waals surface area (Å²) in [5.74, 6) is 0.595. The average molecular weight is 345 g/mol. The summed E-state index contributed by atoms with van der Waals surface area (Å²) in [5.41, 5.74) is 0.786. The van der Waals surface area contributed by atoms with Crippen molar-refractivity contribution < 1.29 is 19.7 Å². The number of hydrogen-bond acceptors (Lipinski definition) is 5. The lowest BCUT2D eigenvalue weighted by atomic mass is 10.1. The van der Waals surface area contributed by atoms with Crippen LogP contribution in [-0.4, -0.2) is 44.7 Å². The van der Waals surface area contributed by atoms with Gasteiger partial charge in [0, 0.05) is 18.9 Å². The molecule has 1 saturated carbocycles. The van der Waals surface area contributed by atoms with Gasteiger partial charge >= 0.3 is 0 Å². The van der Waals surface area contributed by atoms with Crippen molar-refractivity contribution in [1.82, 2.24) is 15.1 Å². The van der Waals surface area contributed by atoms with Crippen molar-refractivity contribution in [2.24, 2.45) is 5.92 Å².